The topological polar surface area (TPSA) is 110 Å². The Morgan fingerprint density at radius 1 is 1.40 bits per heavy atom. The first-order valence-electron chi connectivity index (χ1n) is 5.29. The largest absolute Gasteiger partial charge is 0.478 e. The number of halogens is 1. The van der Waals surface area contributed by atoms with Gasteiger partial charge in [0, 0.05) is 0 Å². The van der Waals surface area contributed by atoms with Crippen LogP contribution in [0.3, 0.4) is 0 Å². The number of sulfonamides is 1. The quantitative estimate of drug-likeness (QED) is 0.756. The number of aryl methyl sites for hydroxylation is 1. The molecule has 0 saturated heterocycles. The van der Waals surface area contributed by atoms with E-state index in [0.29, 0.717) is 6.07 Å². The lowest BCUT2D eigenvalue weighted by Gasteiger charge is -2.09. The monoisotopic (exact) mass is 305 g/mol. The number of carboxylic acids is 1. The lowest BCUT2D eigenvalue weighted by atomic mass is 10.1. The third-order valence-corrected chi connectivity index (χ3v) is 3.78. The van der Waals surface area contributed by atoms with E-state index in [1.54, 1.807) is 0 Å². The van der Waals surface area contributed by atoms with Crippen molar-refractivity contribution in [1.29, 1.82) is 0 Å². The van der Waals surface area contributed by atoms with Crippen molar-refractivity contribution in [2.45, 2.75) is 11.8 Å². The number of methoxy groups -OCH3 is 1. The SMILES string of the molecule is COC(=O)CNS(=O)(=O)c1cc(C)c(F)c(C(=O)O)c1. The molecule has 1 aromatic rings. The highest BCUT2D eigenvalue weighted by Crippen LogP contribution is 2.19. The van der Waals surface area contributed by atoms with Crippen LogP contribution in [0.15, 0.2) is 17.0 Å². The van der Waals surface area contributed by atoms with E-state index in [4.69, 9.17) is 5.11 Å². The Labute approximate surface area is 114 Å². The molecule has 0 unspecified atom stereocenters. The molecule has 0 atom stereocenters. The highest BCUT2D eigenvalue weighted by Gasteiger charge is 2.21. The third kappa shape index (κ3) is 3.52. The van der Waals surface area contributed by atoms with Gasteiger partial charge in [-0.2, -0.15) is 4.72 Å². The summed E-state index contributed by atoms with van der Waals surface area (Å²) in [5, 5.41) is 8.81. The number of rotatable bonds is 5. The number of ether oxygens (including phenoxy) is 1. The van der Waals surface area contributed by atoms with Crippen LogP contribution in [0.4, 0.5) is 4.39 Å². The van der Waals surface area contributed by atoms with E-state index in [2.05, 4.69) is 4.74 Å². The maximum Gasteiger partial charge on any atom is 0.338 e. The lowest BCUT2D eigenvalue weighted by molar-refractivity contribution is -0.139. The van der Waals surface area contributed by atoms with E-state index in [1.807, 2.05) is 4.72 Å². The smallest absolute Gasteiger partial charge is 0.338 e. The summed E-state index contributed by atoms with van der Waals surface area (Å²) in [6.07, 6.45) is 0. The van der Waals surface area contributed by atoms with Gasteiger partial charge in [-0.1, -0.05) is 0 Å². The van der Waals surface area contributed by atoms with E-state index in [-0.39, 0.29) is 5.56 Å². The zero-order chi connectivity index (χ0) is 15.5. The molecule has 1 rings (SSSR count). The van der Waals surface area contributed by atoms with Gasteiger partial charge in [0.15, 0.2) is 0 Å². The minimum Gasteiger partial charge on any atom is -0.478 e. The van der Waals surface area contributed by atoms with Crippen molar-refractivity contribution in [2.75, 3.05) is 13.7 Å². The second-order valence-corrected chi connectivity index (χ2v) is 5.57. The summed E-state index contributed by atoms with van der Waals surface area (Å²) in [7, 11) is -3.06. The zero-order valence-electron chi connectivity index (χ0n) is 10.6. The molecule has 9 heteroatoms. The first-order valence-corrected chi connectivity index (χ1v) is 6.77. The van der Waals surface area contributed by atoms with Gasteiger partial charge < -0.3 is 9.84 Å². The molecule has 0 spiro atoms. The molecule has 0 aliphatic rings. The second kappa shape index (κ2) is 5.97. The molecule has 0 aliphatic carbocycles. The minimum absolute atomic E-state index is 0.136. The van der Waals surface area contributed by atoms with Crippen molar-refractivity contribution in [1.82, 2.24) is 4.72 Å². The Bertz CT molecular complexity index is 655. The summed E-state index contributed by atoms with van der Waals surface area (Å²) < 4.78 is 43.4. The van der Waals surface area contributed by atoms with Crippen LogP contribution >= 0.6 is 0 Å². The summed E-state index contributed by atoms with van der Waals surface area (Å²) in [4.78, 5) is 21.3. The highest BCUT2D eigenvalue weighted by atomic mass is 32.2. The average Bonchev–Trinajstić information content (AvgIpc) is 2.38. The van der Waals surface area contributed by atoms with E-state index in [0.717, 1.165) is 13.2 Å². The van der Waals surface area contributed by atoms with Crippen LogP contribution in [0.5, 0.6) is 0 Å². The summed E-state index contributed by atoms with van der Waals surface area (Å²) >= 11 is 0. The number of carbonyl (C=O) groups is 2. The molecule has 2 N–H and O–H groups in total. The van der Waals surface area contributed by atoms with Crippen LogP contribution < -0.4 is 4.72 Å². The normalized spacial score (nSPS) is 11.2. The maximum absolute atomic E-state index is 13.5. The zero-order valence-corrected chi connectivity index (χ0v) is 11.5. The molecule has 20 heavy (non-hydrogen) atoms. The van der Waals surface area contributed by atoms with Gasteiger partial charge >= 0.3 is 11.9 Å². The molecule has 0 aliphatic heterocycles. The van der Waals surface area contributed by atoms with Crippen molar-refractivity contribution in [3.05, 3.63) is 29.1 Å². The van der Waals surface area contributed by atoms with Gasteiger partial charge in [-0.05, 0) is 24.6 Å². The number of nitrogens with one attached hydrogen (secondary N) is 1. The Morgan fingerprint density at radius 3 is 2.50 bits per heavy atom. The van der Waals surface area contributed by atoms with E-state index < -0.39 is 44.8 Å². The fourth-order valence-electron chi connectivity index (χ4n) is 1.36. The van der Waals surface area contributed by atoms with Crippen LogP contribution in [0, 0.1) is 12.7 Å². The van der Waals surface area contributed by atoms with Crippen LogP contribution in [0.25, 0.3) is 0 Å². The fraction of sp³-hybridized carbons (Fsp3) is 0.273. The Morgan fingerprint density at radius 2 is 2.00 bits per heavy atom. The lowest BCUT2D eigenvalue weighted by Crippen LogP contribution is -2.30. The van der Waals surface area contributed by atoms with Gasteiger partial charge in [-0.3, -0.25) is 4.79 Å². The number of aromatic carboxylic acids is 1. The van der Waals surface area contributed by atoms with Gasteiger partial charge in [0.2, 0.25) is 10.0 Å². The Hall–Kier alpha value is -2.00. The summed E-state index contributed by atoms with van der Waals surface area (Å²) in [6, 6.07) is 1.66. The molecule has 0 saturated carbocycles. The molecule has 0 heterocycles. The molecular weight excluding hydrogens is 293 g/mol. The summed E-state index contributed by atoms with van der Waals surface area (Å²) in [6.45, 7) is 0.624. The molecule has 0 radical (unpaired) electrons. The van der Waals surface area contributed by atoms with E-state index in [1.165, 1.54) is 6.92 Å². The van der Waals surface area contributed by atoms with Crippen molar-refractivity contribution in [3.8, 4) is 0 Å². The third-order valence-electron chi connectivity index (χ3n) is 2.40. The van der Waals surface area contributed by atoms with Crippen LogP contribution in [0.1, 0.15) is 15.9 Å². The fourth-order valence-corrected chi connectivity index (χ4v) is 2.44. The van der Waals surface area contributed by atoms with Gasteiger partial charge in [0.25, 0.3) is 0 Å². The second-order valence-electron chi connectivity index (χ2n) is 3.81. The molecule has 110 valence electrons. The molecule has 1 aromatic carbocycles. The predicted octanol–water partition coefficient (Wildman–Crippen LogP) is 0.284. The molecule has 0 aromatic heterocycles. The molecule has 0 fully saturated rings. The highest BCUT2D eigenvalue weighted by molar-refractivity contribution is 7.89. The summed E-state index contributed by atoms with van der Waals surface area (Å²) in [5.74, 6) is -3.41. The molecular formula is C11H12FNO6S. The number of hydrogen-bond acceptors (Lipinski definition) is 5. The van der Waals surface area contributed by atoms with Gasteiger partial charge in [-0.15, -0.1) is 0 Å². The average molecular weight is 305 g/mol. The number of carboxylic acid groups (broad SMARTS) is 1. The van der Waals surface area contributed by atoms with Crippen LogP contribution in [-0.2, 0) is 19.6 Å². The van der Waals surface area contributed by atoms with Gasteiger partial charge in [0.1, 0.15) is 12.4 Å². The van der Waals surface area contributed by atoms with Crippen molar-refractivity contribution < 1.29 is 32.2 Å². The Kier molecular flexibility index (Phi) is 4.79. The van der Waals surface area contributed by atoms with Gasteiger partial charge in [-0.25, -0.2) is 17.6 Å². The number of esters is 1. The molecule has 0 bridgehead atoms. The summed E-state index contributed by atoms with van der Waals surface area (Å²) in [5.41, 5.74) is -0.896. The first kappa shape index (κ1) is 16.1. The van der Waals surface area contributed by atoms with Crippen molar-refractivity contribution in [2.24, 2.45) is 0 Å². The first-order chi connectivity index (χ1) is 9.19. The van der Waals surface area contributed by atoms with Gasteiger partial charge in [0.05, 0.1) is 17.6 Å². The van der Waals surface area contributed by atoms with E-state index in [9.17, 15) is 22.4 Å². The molecule has 7 nitrogen and oxygen atoms in total. The standard InChI is InChI=1S/C11H12FNO6S/c1-6-3-7(4-8(10(6)12)11(15)16)20(17,18)13-5-9(14)19-2/h3-4,13H,5H2,1-2H3,(H,15,16). The minimum atomic E-state index is -4.14. The van der Waals surface area contributed by atoms with E-state index >= 15 is 0 Å². The number of carbonyl (C=O) groups excluding carboxylic acids is 1. The van der Waals surface area contributed by atoms with Crippen molar-refractivity contribution in [3.63, 3.8) is 0 Å². The molecule has 0 amide bonds. The maximum atomic E-state index is 13.5. The number of hydrogen-bond donors (Lipinski definition) is 2. The van der Waals surface area contributed by atoms with Crippen molar-refractivity contribution >= 4 is 22.0 Å². The number of benzene rings is 1. The van der Waals surface area contributed by atoms with Crippen LogP contribution in [0.2, 0.25) is 0 Å². The van der Waals surface area contributed by atoms with Crippen LogP contribution in [-0.4, -0.2) is 39.1 Å². The predicted molar refractivity (Wildman–Crippen MR) is 65.3 cm³/mol. The Balaban J connectivity index is 3.19.